The predicted molar refractivity (Wildman–Crippen MR) is 87.6 cm³/mol. The molecule has 0 saturated heterocycles. The molecular formula is C14H10ClN3O2S2. The van der Waals surface area contributed by atoms with Crippen LogP contribution in [0.2, 0.25) is 5.02 Å². The molecule has 0 unspecified atom stereocenters. The van der Waals surface area contributed by atoms with E-state index in [1.54, 1.807) is 36.4 Å². The number of nitrogens with one attached hydrogen (secondary N) is 1. The van der Waals surface area contributed by atoms with Crippen LogP contribution in [0.4, 0.5) is 5.69 Å². The number of halogens is 1. The van der Waals surface area contributed by atoms with Gasteiger partial charge in [-0.25, -0.2) is 8.42 Å². The van der Waals surface area contributed by atoms with Crippen LogP contribution in [0.25, 0.3) is 11.3 Å². The van der Waals surface area contributed by atoms with Crippen molar-refractivity contribution in [2.24, 2.45) is 0 Å². The van der Waals surface area contributed by atoms with Crippen LogP contribution in [-0.4, -0.2) is 18.0 Å². The lowest BCUT2D eigenvalue weighted by Gasteiger charge is -2.09. The zero-order valence-electron chi connectivity index (χ0n) is 11.1. The molecule has 1 aromatic heterocycles. The van der Waals surface area contributed by atoms with Crippen molar-refractivity contribution in [3.05, 3.63) is 58.9 Å². The number of aromatic nitrogens is 2. The molecule has 0 aliphatic carbocycles. The summed E-state index contributed by atoms with van der Waals surface area (Å²) in [7, 11) is -3.72. The van der Waals surface area contributed by atoms with Gasteiger partial charge in [0.15, 0.2) is 0 Å². The number of hydrogen-bond acceptors (Lipinski definition) is 5. The highest BCUT2D eigenvalue weighted by atomic mass is 35.5. The van der Waals surface area contributed by atoms with Crippen LogP contribution in [0, 0.1) is 0 Å². The third-order valence-electron chi connectivity index (χ3n) is 2.92. The molecule has 0 aliphatic heterocycles. The topological polar surface area (TPSA) is 72.0 Å². The van der Waals surface area contributed by atoms with E-state index in [1.165, 1.54) is 23.7 Å². The Kier molecular flexibility index (Phi) is 4.10. The van der Waals surface area contributed by atoms with Crippen molar-refractivity contribution >= 4 is 38.8 Å². The summed E-state index contributed by atoms with van der Waals surface area (Å²) in [6.45, 7) is 0. The summed E-state index contributed by atoms with van der Waals surface area (Å²) in [5, 5.41) is 5.97. The van der Waals surface area contributed by atoms with Crippen molar-refractivity contribution in [3.63, 3.8) is 0 Å². The van der Waals surface area contributed by atoms with Gasteiger partial charge >= 0.3 is 0 Å². The Morgan fingerprint density at radius 2 is 1.77 bits per heavy atom. The Bertz CT molecular complexity index is 879. The second kappa shape index (κ2) is 6.04. The fraction of sp³-hybridized carbons (Fsp3) is 0. The van der Waals surface area contributed by atoms with E-state index in [9.17, 15) is 8.42 Å². The Morgan fingerprint density at radius 1 is 1.05 bits per heavy atom. The maximum Gasteiger partial charge on any atom is 0.263 e. The monoisotopic (exact) mass is 351 g/mol. The maximum atomic E-state index is 12.3. The minimum Gasteiger partial charge on any atom is -0.280 e. The first-order valence-electron chi connectivity index (χ1n) is 6.21. The zero-order valence-corrected chi connectivity index (χ0v) is 13.5. The van der Waals surface area contributed by atoms with Gasteiger partial charge in [0, 0.05) is 16.6 Å². The molecule has 0 saturated carbocycles. The number of benzene rings is 2. The summed E-state index contributed by atoms with van der Waals surface area (Å²) >= 11 is 7.19. The Balaban J connectivity index is 1.86. The lowest BCUT2D eigenvalue weighted by molar-refractivity contribution is 0.601. The van der Waals surface area contributed by atoms with E-state index in [0.717, 1.165) is 11.3 Å². The Labute approximate surface area is 136 Å². The van der Waals surface area contributed by atoms with E-state index in [2.05, 4.69) is 14.3 Å². The lowest BCUT2D eigenvalue weighted by Crippen LogP contribution is -2.13. The first-order chi connectivity index (χ1) is 10.6. The van der Waals surface area contributed by atoms with Gasteiger partial charge < -0.3 is 0 Å². The highest BCUT2D eigenvalue weighted by Gasteiger charge is 2.17. The minimum atomic E-state index is -3.72. The predicted octanol–water partition coefficient (Wildman–Crippen LogP) is 3.66. The van der Waals surface area contributed by atoms with Gasteiger partial charge in [-0.1, -0.05) is 40.4 Å². The Hall–Kier alpha value is -1.96. The normalized spacial score (nSPS) is 11.3. The van der Waals surface area contributed by atoms with E-state index in [-0.39, 0.29) is 9.92 Å². The number of nitrogens with zero attached hydrogens (tertiary/aromatic N) is 2. The van der Waals surface area contributed by atoms with E-state index >= 15 is 0 Å². The molecule has 8 heteroatoms. The van der Waals surface area contributed by atoms with Crippen molar-refractivity contribution in [1.82, 2.24) is 9.59 Å². The number of hydrogen-bond donors (Lipinski definition) is 1. The van der Waals surface area contributed by atoms with Crippen molar-refractivity contribution < 1.29 is 8.42 Å². The second-order valence-corrected chi connectivity index (χ2v) is 7.07. The van der Waals surface area contributed by atoms with Crippen LogP contribution in [0.3, 0.4) is 0 Å². The Morgan fingerprint density at radius 3 is 2.41 bits per heavy atom. The van der Waals surface area contributed by atoms with Crippen LogP contribution in [0.5, 0.6) is 0 Å². The molecule has 0 aliphatic rings. The highest BCUT2D eigenvalue weighted by molar-refractivity contribution is 7.92. The molecule has 22 heavy (non-hydrogen) atoms. The average Bonchev–Trinajstić information content (AvgIpc) is 3.02. The molecule has 3 aromatic rings. The molecule has 1 heterocycles. The SMILES string of the molecule is O=S(=O)(Nc1ccc(-c2csnn2)cc1)c1ccccc1Cl. The molecule has 112 valence electrons. The summed E-state index contributed by atoms with van der Waals surface area (Å²) in [6, 6.07) is 13.2. The average molecular weight is 352 g/mol. The highest BCUT2D eigenvalue weighted by Crippen LogP contribution is 2.25. The summed E-state index contributed by atoms with van der Waals surface area (Å²) in [6.07, 6.45) is 0. The largest absolute Gasteiger partial charge is 0.280 e. The third kappa shape index (κ3) is 3.11. The van der Waals surface area contributed by atoms with Gasteiger partial charge in [-0.2, -0.15) is 0 Å². The molecule has 2 aromatic carbocycles. The zero-order chi connectivity index (χ0) is 15.6. The van der Waals surface area contributed by atoms with Crippen LogP contribution < -0.4 is 4.72 Å². The van der Waals surface area contributed by atoms with E-state index < -0.39 is 10.0 Å². The first kappa shape index (κ1) is 15.0. The summed E-state index contributed by atoms with van der Waals surface area (Å²) in [5.41, 5.74) is 2.08. The third-order valence-corrected chi connectivity index (χ3v) is 5.30. The van der Waals surface area contributed by atoms with E-state index in [0.29, 0.717) is 5.69 Å². The lowest BCUT2D eigenvalue weighted by atomic mass is 10.2. The van der Waals surface area contributed by atoms with Crippen molar-refractivity contribution in [2.45, 2.75) is 4.90 Å². The van der Waals surface area contributed by atoms with Gasteiger partial charge in [-0.15, -0.1) is 5.10 Å². The van der Waals surface area contributed by atoms with Crippen LogP contribution in [-0.2, 0) is 10.0 Å². The molecule has 0 radical (unpaired) electrons. The summed E-state index contributed by atoms with van der Waals surface area (Å²) in [5.74, 6) is 0. The minimum absolute atomic E-state index is 0.0458. The van der Waals surface area contributed by atoms with Crippen LogP contribution in [0.15, 0.2) is 58.8 Å². The van der Waals surface area contributed by atoms with Gasteiger partial charge in [0.25, 0.3) is 10.0 Å². The van der Waals surface area contributed by atoms with Crippen molar-refractivity contribution in [2.75, 3.05) is 4.72 Å². The fourth-order valence-electron chi connectivity index (χ4n) is 1.87. The van der Waals surface area contributed by atoms with Gasteiger partial charge in [0.2, 0.25) is 0 Å². The second-order valence-electron chi connectivity index (χ2n) is 4.40. The van der Waals surface area contributed by atoms with Gasteiger partial charge in [-0.3, -0.25) is 4.72 Å². The molecule has 0 bridgehead atoms. The van der Waals surface area contributed by atoms with Crippen LogP contribution in [0.1, 0.15) is 0 Å². The van der Waals surface area contributed by atoms with E-state index in [4.69, 9.17) is 11.6 Å². The summed E-state index contributed by atoms with van der Waals surface area (Å²) < 4.78 is 30.9. The van der Waals surface area contributed by atoms with Gasteiger partial charge in [0.05, 0.1) is 5.02 Å². The molecule has 1 N–H and O–H groups in total. The maximum absolute atomic E-state index is 12.3. The standard InChI is InChI=1S/C14H10ClN3O2S2/c15-12-3-1-2-4-14(12)22(19,20)17-11-7-5-10(6-8-11)13-9-21-18-16-13/h1-9,17H. The summed E-state index contributed by atoms with van der Waals surface area (Å²) in [4.78, 5) is 0.0458. The number of anilines is 1. The smallest absolute Gasteiger partial charge is 0.263 e. The van der Waals surface area contributed by atoms with Crippen LogP contribution >= 0.6 is 23.1 Å². The first-order valence-corrected chi connectivity index (χ1v) is 8.91. The molecule has 0 atom stereocenters. The molecule has 3 rings (SSSR count). The molecule has 0 spiro atoms. The van der Waals surface area contributed by atoms with Gasteiger partial charge in [0.1, 0.15) is 10.6 Å². The van der Waals surface area contributed by atoms with Gasteiger partial charge in [-0.05, 0) is 35.8 Å². The van der Waals surface area contributed by atoms with E-state index in [1.807, 2.05) is 5.38 Å². The quantitative estimate of drug-likeness (QED) is 0.778. The van der Waals surface area contributed by atoms with Crippen molar-refractivity contribution in [3.8, 4) is 11.3 Å². The number of rotatable bonds is 4. The fourth-order valence-corrected chi connectivity index (χ4v) is 3.92. The van der Waals surface area contributed by atoms with Crippen molar-refractivity contribution in [1.29, 1.82) is 0 Å². The molecule has 5 nitrogen and oxygen atoms in total. The molecular weight excluding hydrogens is 342 g/mol. The number of sulfonamides is 1. The molecule has 0 amide bonds. The molecule has 0 fully saturated rings.